The van der Waals surface area contributed by atoms with Gasteiger partial charge in [-0.3, -0.25) is 4.79 Å². The van der Waals surface area contributed by atoms with E-state index in [1.807, 2.05) is 30.4 Å². The smallest absolute Gasteiger partial charge is 0.248 e. The summed E-state index contributed by atoms with van der Waals surface area (Å²) < 4.78 is 0. The minimum absolute atomic E-state index is 0.414. The molecule has 0 saturated heterocycles. The zero-order valence-corrected chi connectivity index (χ0v) is 15.0. The van der Waals surface area contributed by atoms with Gasteiger partial charge in [-0.2, -0.15) is 0 Å². The SMILES string of the molecule is CCNC(=NCc1ccc(C(N)=O)cc1)NCc1ccc(CC)s1. The number of aliphatic imine (C=N–C) groups is 1. The molecule has 0 aliphatic rings. The van der Waals surface area contributed by atoms with Crippen LogP contribution in [0.25, 0.3) is 0 Å². The molecular formula is C18H24N4OS. The maximum absolute atomic E-state index is 11.1. The number of nitrogens with two attached hydrogens (primary N) is 1. The number of carbonyl (C=O) groups is 1. The first-order valence-electron chi connectivity index (χ1n) is 8.10. The van der Waals surface area contributed by atoms with Gasteiger partial charge in [0.15, 0.2) is 5.96 Å². The highest BCUT2D eigenvalue weighted by molar-refractivity contribution is 7.11. The Labute approximate surface area is 147 Å². The van der Waals surface area contributed by atoms with Crippen LogP contribution in [0.4, 0.5) is 0 Å². The van der Waals surface area contributed by atoms with Gasteiger partial charge < -0.3 is 16.4 Å². The standard InChI is InChI=1S/C18H24N4OS/c1-3-15-9-10-16(24-15)12-22-18(20-4-2)21-11-13-5-7-14(8-6-13)17(19)23/h5-10H,3-4,11-12H2,1-2H3,(H2,19,23)(H2,20,21,22). The maximum Gasteiger partial charge on any atom is 0.248 e. The van der Waals surface area contributed by atoms with Crippen molar-refractivity contribution >= 4 is 23.2 Å². The fourth-order valence-corrected chi connectivity index (χ4v) is 3.06. The molecule has 24 heavy (non-hydrogen) atoms. The third-order valence-corrected chi connectivity index (χ3v) is 4.73. The van der Waals surface area contributed by atoms with E-state index < -0.39 is 5.91 Å². The zero-order chi connectivity index (χ0) is 17.4. The van der Waals surface area contributed by atoms with Gasteiger partial charge in [-0.15, -0.1) is 11.3 Å². The topological polar surface area (TPSA) is 79.5 Å². The van der Waals surface area contributed by atoms with Gasteiger partial charge in [0, 0.05) is 21.9 Å². The van der Waals surface area contributed by atoms with E-state index >= 15 is 0 Å². The van der Waals surface area contributed by atoms with Crippen LogP contribution in [-0.4, -0.2) is 18.4 Å². The van der Waals surface area contributed by atoms with E-state index in [0.717, 1.165) is 31.0 Å². The van der Waals surface area contributed by atoms with Crippen molar-refractivity contribution in [3.05, 3.63) is 57.3 Å². The van der Waals surface area contributed by atoms with Gasteiger partial charge in [0.1, 0.15) is 0 Å². The Morgan fingerprint density at radius 1 is 1.08 bits per heavy atom. The molecule has 0 fully saturated rings. The molecule has 0 aliphatic carbocycles. The van der Waals surface area contributed by atoms with Gasteiger partial charge in [-0.25, -0.2) is 4.99 Å². The summed E-state index contributed by atoms with van der Waals surface area (Å²) in [6.07, 6.45) is 1.07. The Morgan fingerprint density at radius 3 is 2.38 bits per heavy atom. The molecule has 0 aliphatic heterocycles. The summed E-state index contributed by atoms with van der Waals surface area (Å²) in [6, 6.07) is 11.5. The number of amides is 1. The number of thiophene rings is 1. The molecular weight excluding hydrogens is 320 g/mol. The van der Waals surface area contributed by atoms with E-state index in [1.54, 1.807) is 12.1 Å². The van der Waals surface area contributed by atoms with Gasteiger partial charge in [-0.1, -0.05) is 19.1 Å². The minimum atomic E-state index is -0.414. The molecule has 0 radical (unpaired) electrons. The van der Waals surface area contributed by atoms with Crippen LogP contribution in [0.5, 0.6) is 0 Å². The number of benzene rings is 1. The average molecular weight is 344 g/mol. The lowest BCUT2D eigenvalue weighted by atomic mass is 10.1. The second kappa shape index (κ2) is 9.08. The number of rotatable bonds is 7. The van der Waals surface area contributed by atoms with Crippen LogP contribution in [0, 0.1) is 0 Å². The largest absolute Gasteiger partial charge is 0.366 e. The third-order valence-electron chi connectivity index (χ3n) is 3.50. The number of aryl methyl sites for hydroxylation is 1. The van der Waals surface area contributed by atoms with E-state index in [4.69, 9.17) is 5.73 Å². The van der Waals surface area contributed by atoms with Crippen LogP contribution in [0.2, 0.25) is 0 Å². The molecule has 0 spiro atoms. The second-order valence-electron chi connectivity index (χ2n) is 5.33. The van der Waals surface area contributed by atoms with Gasteiger partial charge in [-0.05, 0) is 43.2 Å². The van der Waals surface area contributed by atoms with Crippen LogP contribution in [0.15, 0.2) is 41.4 Å². The lowest BCUT2D eigenvalue weighted by Crippen LogP contribution is -2.36. The summed E-state index contributed by atoms with van der Waals surface area (Å²) >= 11 is 1.82. The third kappa shape index (κ3) is 5.38. The molecule has 0 bridgehead atoms. The molecule has 5 nitrogen and oxygen atoms in total. The number of primary amides is 1. The summed E-state index contributed by atoms with van der Waals surface area (Å²) in [7, 11) is 0. The van der Waals surface area contributed by atoms with Crippen LogP contribution in [0.1, 0.15) is 39.5 Å². The van der Waals surface area contributed by atoms with E-state index in [1.165, 1.54) is 9.75 Å². The predicted molar refractivity (Wildman–Crippen MR) is 100 cm³/mol. The highest BCUT2D eigenvalue weighted by atomic mass is 32.1. The molecule has 128 valence electrons. The van der Waals surface area contributed by atoms with Crippen LogP contribution < -0.4 is 16.4 Å². The van der Waals surface area contributed by atoms with E-state index in [-0.39, 0.29) is 0 Å². The summed E-state index contributed by atoms with van der Waals surface area (Å²) in [5.41, 5.74) is 6.79. The monoisotopic (exact) mass is 344 g/mol. The van der Waals surface area contributed by atoms with Crippen molar-refractivity contribution in [3.63, 3.8) is 0 Å². The lowest BCUT2D eigenvalue weighted by molar-refractivity contribution is 0.100. The first-order chi connectivity index (χ1) is 11.6. The first kappa shape index (κ1) is 18.0. The fraction of sp³-hybridized carbons (Fsp3) is 0.333. The van der Waals surface area contributed by atoms with Crippen molar-refractivity contribution in [2.24, 2.45) is 10.7 Å². The highest BCUT2D eigenvalue weighted by Gasteiger charge is 2.02. The van der Waals surface area contributed by atoms with Crippen LogP contribution in [0.3, 0.4) is 0 Å². The van der Waals surface area contributed by atoms with Crippen molar-refractivity contribution < 1.29 is 4.79 Å². The molecule has 0 atom stereocenters. The van der Waals surface area contributed by atoms with Gasteiger partial charge >= 0.3 is 0 Å². The molecule has 0 saturated carbocycles. The molecule has 1 aromatic carbocycles. The number of hydrogen-bond donors (Lipinski definition) is 3. The Hall–Kier alpha value is -2.34. The number of guanidine groups is 1. The molecule has 2 aromatic rings. The van der Waals surface area contributed by atoms with Crippen molar-refractivity contribution in [3.8, 4) is 0 Å². The van der Waals surface area contributed by atoms with Crippen molar-refractivity contribution in [1.82, 2.24) is 10.6 Å². The van der Waals surface area contributed by atoms with Crippen molar-refractivity contribution in [2.75, 3.05) is 6.54 Å². The highest BCUT2D eigenvalue weighted by Crippen LogP contribution is 2.16. The molecule has 2 rings (SSSR count). The lowest BCUT2D eigenvalue weighted by Gasteiger charge is -2.10. The first-order valence-corrected chi connectivity index (χ1v) is 8.92. The second-order valence-corrected chi connectivity index (χ2v) is 6.58. The maximum atomic E-state index is 11.1. The normalized spacial score (nSPS) is 11.3. The Bertz CT molecular complexity index is 691. The molecule has 1 amide bonds. The Morgan fingerprint density at radius 2 is 1.79 bits per heavy atom. The van der Waals surface area contributed by atoms with Gasteiger partial charge in [0.05, 0.1) is 13.1 Å². The van der Waals surface area contributed by atoms with Gasteiger partial charge in [0.2, 0.25) is 5.91 Å². The number of nitrogens with one attached hydrogen (secondary N) is 2. The number of carbonyl (C=O) groups excluding carboxylic acids is 1. The average Bonchev–Trinajstić information content (AvgIpc) is 3.06. The summed E-state index contributed by atoms with van der Waals surface area (Å²) in [5.74, 6) is 0.366. The van der Waals surface area contributed by atoms with Crippen molar-refractivity contribution in [2.45, 2.75) is 33.4 Å². The van der Waals surface area contributed by atoms with Crippen LogP contribution in [-0.2, 0) is 19.5 Å². The Balaban J connectivity index is 1.95. The predicted octanol–water partition coefficient (Wildman–Crippen LogP) is 2.66. The van der Waals surface area contributed by atoms with E-state index in [2.05, 4.69) is 34.7 Å². The zero-order valence-electron chi connectivity index (χ0n) is 14.1. The summed E-state index contributed by atoms with van der Waals surface area (Å²) in [6.45, 7) is 6.31. The summed E-state index contributed by atoms with van der Waals surface area (Å²) in [5, 5.41) is 6.59. The molecule has 1 aromatic heterocycles. The number of nitrogens with zero attached hydrogens (tertiary/aromatic N) is 1. The van der Waals surface area contributed by atoms with E-state index in [9.17, 15) is 4.79 Å². The summed E-state index contributed by atoms with van der Waals surface area (Å²) in [4.78, 5) is 18.4. The van der Waals surface area contributed by atoms with Crippen LogP contribution >= 0.6 is 11.3 Å². The minimum Gasteiger partial charge on any atom is -0.366 e. The molecule has 1 heterocycles. The molecule has 4 N–H and O–H groups in total. The fourth-order valence-electron chi connectivity index (χ4n) is 2.16. The molecule has 6 heteroatoms. The Kier molecular flexibility index (Phi) is 6.81. The van der Waals surface area contributed by atoms with Crippen molar-refractivity contribution in [1.29, 1.82) is 0 Å². The van der Waals surface area contributed by atoms with E-state index in [0.29, 0.717) is 12.1 Å². The molecule has 0 unspecified atom stereocenters. The van der Waals surface area contributed by atoms with Gasteiger partial charge in [0.25, 0.3) is 0 Å². The number of hydrogen-bond acceptors (Lipinski definition) is 3. The quantitative estimate of drug-likeness (QED) is 0.534.